The van der Waals surface area contributed by atoms with Crippen molar-refractivity contribution in [3.8, 4) is 0 Å². The number of halogens is 3. The maximum absolute atomic E-state index is 12.7. The molecule has 0 atom stereocenters. The van der Waals surface area contributed by atoms with Crippen molar-refractivity contribution in [2.45, 2.75) is 6.18 Å². The first-order valence-electron chi connectivity index (χ1n) is 7.97. The van der Waals surface area contributed by atoms with E-state index in [0.717, 1.165) is 17.8 Å². The van der Waals surface area contributed by atoms with E-state index < -0.39 is 17.6 Å². The van der Waals surface area contributed by atoms with Crippen LogP contribution >= 0.6 is 12.2 Å². The van der Waals surface area contributed by atoms with Crippen LogP contribution in [0.25, 0.3) is 0 Å². The summed E-state index contributed by atoms with van der Waals surface area (Å²) in [6.45, 7) is 0. The number of guanidine groups is 1. The quantitative estimate of drug-likeness (QED) is 0.412. The van der Waals surface area contributed by atoms with Gasteiger partial charge in [0.25, 0.3) is 5.91 Å². The largest absolute Gasteiger partial charge is 0.416 e. The molecule has 1 amide bonds. The molecule has 2 aromatic rings. The number of carbonyl (C=O) groups is 1. The maximum atomic E-state index is 12.7. The zero-order valence-electron chi connectivity index (χ0n) is 15.0. The maximum Gasteiger partial charge on any atom is 0.416 e. The van der Waals surface area contributed by atoms with Gasteiger partial charge in [-0.2, -0.15) is 18.2 Å². The highest BCUT2D eigenvalue weighted by molar-refractivity contribution is 7.80. The topological polar surface area (TPSA) is 82.8 Å². The number of nitrogens with two attached hydrogens (primary N) is 1. The van der Waals surface area contributed by atoms with Gasteiger partial charge in [0.1, 0.15) is 0 Å². The number of carbonyl (C=O) groups excluding carboxylic acids is 1. The Morgan fingerprint density at radius 2 is 1.79 bits per heavy atom. The number of amides is 1. The summed E-state index contributed by atoms with van der Waals surface area (Å²) in [5.74, 6) is -0.778. The predicted octanol–water partition coefficient (Wildman–Crippen LogP) is 3.21. The monoisotopic (exact) mass is 409 g/mol. The Kier molecular flexibility index (Phi) is 6.57. The average Bonchev–Trinajstić information content (AvgIpc) is 2.61. The van der Waals surface area contributed by atoms with Crippen molar-refractivity contribution in [2.75, 3.05) is 24.3 Å². The van der Waals surface area contributed by atoms with Crippen molar-refractivity contribution in [1.29, 1.82) is 0 Å². The SMILES string of the molecule is CN(C)c1ccc(C(=O)N/C(N)=N/C(=S)Nc2cccc(C(F)(F)F)c2)cc1. The number of rotatable bonds is 3. The van der Waals surface area contributed by atoms with Crippen LogP contribution in [0.1, 0.15) is 15.9 Å². The van der Waals surface area contributed by atoms with E-state index in [-0.39, 0.29) is 16.8 Å². The number of benzene rings is 2. The van der Waals surface area contributed by atoms with E-state index in [4.69, 9.17) is 18.0 Å². The van der Waals surface area contributed by atoms with Crippen molar-refractivity contribution in [3.05, 3.63) is 59.7 Å². The Bertz CT molecular complexity index is 895. The number of nitrogens with one attached hydrogen (secondary N) is 2. The number of anilines is 2. The number of nitrogens with zero attached hydrogens (tertiary/aromatic N) is 2. The lowest BCUT2D eigenvalue weighted by molar-refractivity contribution is -0.137. The fourth-order valence-electron chi connectivity index (χ4n) is 2.16. The Balaban J connectivity index is 2.01. The van der Waals surface area contributed by atoms with Gasteiger partial charge in [-0.1, -0.05) is 6.07 Å². The van der Waals surface area contributed by atoms with Gasteiger partial charge in [0, 0.05) is 31.0 Å². The molecule has 0 radical (unpaired) electrons. The van der Waals surface area contributed by atoms with Crippen LogP contribution in [0.5, 0.6) is 0 Å². The molecule has 0 saturated heterocycles. The van der Waals surface area contributed by atoms with Gasteiger partial charge in [-0.05, 0) is 54.7 Å². The summed E-state index contributed by atoms with van der Waals surface area (Å²) in [6.07, 6.45) is -4.47. The van der Waals surface area contributed by atoms with Crippen LogP contribution in [0.4, 0.5) is 24.5 Å². The highest BCUT2D eigenvalue weighted by Crippen LogP contribution is 2.30. The minimum atomic E-state index is -4.47. The van der Waals surface area contributed by atoms with Gasteiger partial charge in [0.2, 0.25) is 11.1 Å². The summed E-state index contributed by atoms with van der Waals surface area (Å²) >= 11 is 4.95. The van der Waals surface area contributed by atoms with Crippen molar-refractivity contribution in [1.82, 2.24) is 5.32 Å². The van der Waals surface area contributed by atoms with Crippen molar-refractivity contribution in [2.24, 2.45) is 10.7 Å². The highest BCUT2D eigenvalue weighted by Gasteiger charge is 2.30. The molecule has 0 heterocycles. The highest BCUT2D eigenvalue weighted by atomic mass is 32.1. The number of thiocarbonyl (C=S) groups is 1. The molecule has 0 bridgehead atoms. The lowest BCUT2D eigenvalue weighted by Gasteiger charge is -2.12. The van der Waals surface area contributed by atoms with Crippen LogP contribution in [-0.2, 0) is 6.18 Å². The standard InChI is InChI=1S/C18H18F3N5OS/c1-26(2)14-8-6-11(7-9-14)15(27)24-16(22)25-17(28)23-13-5-3-4-12(10-13)18(19,20)21/h3-10H,1-2H3,(H4,22,23,24,25,27,28). The first kappa shape index (κ1) is 21.2. The second-order valence-electron chi connectivity index (χ2n) is 5.90. The molecular weight excluding hydrogens is 391 g/mol. The molecule has 2 rings (SSSR count). The van der Waals surface area contributed by atoms with Crippen LogP contribution in [0.2, 0.25) is 0 Å². The molecular formula is C18H18F3N5OS. The first-order valence-corrected chi connectivity index (χ1v) is 8.38. The van der Waals surface area contributed by atoms with Crippen LogP contribution in [0, 0.1) is 0 Å². The van der Waals surface area contributed by atoms with Gasteiger partial charge in [-0.25, -0.2) is 0 Å². The molecule has 28 heavy (non-hydrogen) atoms. The smallest absolute Gasteiger partial charge is 0.378 e. The zero-order chi connectivity index (χ0) is 20.9. The van der Waals surface area contributed by atoms with E-state index in [1.165, 1.54) is 12.1 Å². The lowest BCUT2D eigenvalue weighted by Crippen LogP contribution is -2.37. The Labute approximate surface area is 165 Å². The van der Waals surface area contributed by atoms with E-state index in [9.17, 15) is 18.0 Å². The van der Waals surface area contributed by atoms with Gasteiger partial charge in [0.15, 0.2) is 0 Å². The second kappa shape index (κ2) is 8.70. The molecule has 10 heteroatoms. The van der Waals surface area contributed by atoms with Gasteiger partial charge in [-0.15, -0.1) is 0 Å². The molecule has 0 aromatic heterocycles. The fraction of sp³-hybridized carbons (Fsp3) is 0.167. The molecule has 148 valence electrons. The summed E-state index contributed by atoms with van der Waals surface area (Å²) < 4.78 is 38.2. The number of hydrogen-bond acceptors (Lipinski definition) is 3. The van der Waals surface area contributed by atoms with E-state index in [0.29, 0.717) is 5.56 Å². The molecule has 0 unspecified atom stereocenters. The molecule has 0 fully saturated rings. The summed E-state index contributed by atoms with van der Waals surface area (Å²) in [4.78, 5) is 17.8. The molecule has 0 saturated carbocycles. The molecule has 0 spiro atoms. The van der Waals surface area contributed by atoms with E-state index in [2.05, 4.69) is 15.6 Å². The summed E-state index contributed by atoms with van der Waals surface area (Å²) in [5.41, 5.74) is 6.20. The van der Waals surface area contributed by atoms with Gasteiger partial charge >= 0.3 is 6.18 Å². The van der Waals surface area contributed by atoms with E-state index >= 15 is 0 Å². The Hall–Kier alpha value is -3.14. The lowest BCUT2D eigenvalue weighted by atomic mass is 10.2. The van der Waals surface area contributed by atoms with Crippen molar-refractivity contribution >= 4 is 40.6 Å². The fourth-order valence-corrected chi connectivity index (χ4v) is 2.38. The Morgan fingerprint density at radius 1 is 1.14 bits per heavy atom. The normalized spacial score (nSPS) is 11.7. The van der Waals surface area contributed by atoms with Gasteiger partial charge in [0.05, 0.1) is 5.56 Å². The zero-order valence-corrected chi connectivity index (χ0v) is 15.9. The molecule has 6 nitrogen and oxygen atoms in total. The summed E-state index contributed by atoms with van der Waals surface area (Å²) in [7, 11) is 3.75. The summed E-state index contributed by atoms with van der Waals surface area (Å²) in [5, 5.41) is 4.70. The van der Waals surface area contributed by atoms with E-state index in [1.807, 2.05) is 19.0 Å². The average molecular weight is 409 g/mol. The predicted molar refractivity (Wildman–Crippen MR) is 108 cm³/mol. The minimum absolute atomic E-state index is 0.0991. The van der Waals surface area contributed by atoms with Crippen LogP contribution in [0.15, 0.2) is 53.5 Å². The molecule has 2 aromatic carbocycles. The second-order valence-corrected chi connectivity index (χ2v) is 6.29. The molecule has 4 N–H and O–H groups in total. The third kappa shape index (κ3) is 5.95. The third-order valence-corrected chi connectivity index (χ3v) is 3.74. The first-order chi connectivity index (χ1) is 13.1. The molecule has 0 aliphatic carbocycles. The Morgan fingerprint density at radius 3 is 2.36 bits per heavy atom. The summed E-state index contributed by atoms with van der Waals surface area (Å²) in [6, 6.07) is 11.2. The number of hydrogen-bond donors (Lipinski definition) is 3. The van der Waals surface area contributed by atoms with Crippen molar-refractivity contribution in [3.63, 3.8) is 0 Å². The van der Waals surface area contributed by atoms with Gasteiger partial charge < -0.3 is 16.0 Å². The van der Waals surface area contributed by atoms with Crippen LogP contribution in [0.3, 0.4) is 0 Å². The molecule has 0 aliphatic heterocycles. The van der Waals surface area contributed by atoms with Gasteiger partial charge in [-0.3, -0.25) is 10.1 Å². The number of aliphatic imine (C=N–C) groups is 1. The minimum Gasteiger partial charge on any atom is -0.378 e. The molecule has 0 aliphatic rings. The number of alkyl halides is 3. The van der Waals surface area contributed by atoms with Crippen molar-refractivity contribution < 1.29 is 18.0 Å². The third-order valence-electron chi connectivity index (χ3n) is 3.55. The van der Waals surface area contributed by atoms with E-state index in [1.54, 1.807) is 24.3 Å². The van der Waals surface area contributed by atoms with Crippen LogP contribution in [-0.4, -0.2) is 31.1 Å². The van der Waals surface area contributed by atoms with Crippen LogP contribution < -0.4 is 21.3 Å².